The van der Waals surface area contributed by atoms with E-state index in [-0.39, 0.29) is 6.54 Å². The Bertz CT molecular complexity index is 728. The van der Waals surface area contributed by atoms with Crippen LogP contribution in [0.3, 0.4) is 0 Å². The number of anilines is 1. The summed E-state index contributed by atoms with van der Waals surface area (Å²) in [4.78, 5) is 35.7. The molecular formula is C17H18N2O5S. The lowest BCUT2D eigenvalue weighted by molar-refractivity contribution is -0.136. The summed E-state index contributed by atoms with van der Waals surface area (Å²) < 4.78 is 4.58. The molecule has 0 unspecified atom stereocenters. The largest absolute Gasteiger partial charge is 0.465 e. The molecule has 132 valence electrons. The predicted molar refractivity (Wildman–Crippen MR) is 93.3 cm³/mol. The first-order chi connectivity index (χ1) is 12.0. The first-order valence-corrected chi connectivity index (χ1v) is 8.38. The van der Waals surface area contributed by atoms with Gasteiger partial charge in [0.25, 0.3) is 0 Å². The van der Waals surface area contributed by atoms with Crippen molar-refractivity contribution in [1.82, 2.24) is 5.32 Å². The topological polar surface area (TPSA) is 105 Å². The van der Waals surface area contributed by atoms with Gasteiger partial charge in [0.05, 0.1) is 18.8 Å². The number of carbonyl (C=O) groups is 3. The van der Waals surface area contributed by atoms with E-state index in [1.807, 2.05) is 17.5 Å². The molecule has 0 bridgehead atoms. The summed E-state index contributed by atoms with van der Waals surface area (Å²) in [5.74, 6) is -2.10. The maximum atomic E-state index is 11.8. The number of esters is 1. The van der Waals surface area contributed by atoms with Crippen molar-refractivity contribution in [1.29, 1.82) is 0 Å². The van der Waals surface area contributed by atoms with Gasteiger partial charge in [-0.3, -0.25) is 9.59 Å². The number of hydrogen-bond donors (Lipinski definition) is 3. The molecule has 2 aromatic rings. The zero-order valence-electron chi connectivity index (χ0n) is 13.5. The van der Waals surface area contributed by atoms with Gasteiger partial charge in [-0.25, -0.2) is 4.79 Å². The number of aliphatic hydroxyl groups excluding tert-OH is 1. The van der Waals surface area contributed by atoms with Crippen molar-refractivity contribution in [2.45, 2.75) is 12.5 Å². The number of carbonyl (C=O) groups excluding carboxylic acids is 3. The monoisotopic (exact) mass is 362 g/mol. The Hall–Kier alpha value is -2.71. The molecule has 0 saturated heterocycles. The SMILES string of the molecule is COC(=O)c1ccc(NC(=O)C(=O)NCC[C@H](O)c2cccs2)cc1. The highest BCUT2D eigenvalue weighted by atomic mass is 32.1. The van der Waals surface area contributed by atoms with Crippen LogP contribution in [-0.2, 0) is 14.3 Å². The Morgan fingerprint density at radius 3 is 2.48 bits per heavy atom. The molecule has 1 heterocycles. The number of methoxy groups -OCH3 is 1. The fourth-order valence-electron chi connectivity index (χ4n) is 2.02. The number of thiophene rings is 1. The minimum absolute atomic E-state index is 0.173. The van der Waals surface area contributed by atoms with E-state index in [0.29, 0.717) is 17.7 Å². The van der Waals surface area contributed by atoms with Gasteiger partial charge in [-0.05, 0) is 42.1 Å². The quantitative estimate of drug-likeness (QED) is 0.536. The van der Waals surface area contributed by atoms with E-state index in [9.17, 15) is 19.5 Å². The van der Waals surface area contributed by atoms with E-state index in [2.05, 4.69) is 15.4 Å². The molecule has 0 aliphatic rings. The van der Waals surface area contributed by atoms with Gasteiger partial charge < -0.3 is 20.5 Å². The van der Waals surface area contributed by atoms with E-state index >= 15 is 0 Å². The van der Waals surface area contributed by atoms with Crippen molar-refractivity contribution in [3.8, 4) is 0 Å². The van der Waals surface area contributed by atoms with Crippen LogP contribution in [0, 0.1) is 0 Å². The summed E-state index contributed by atoms with van der Waals surface area (Å²) in [5.41, 5.74) is 0.721. The highest BCUT2D eigenvalue weighted by Gasteiger charge is 2.15. The van der Waals surface area contributed by atoms with E-state index < -0.39 is 23.9 Å². The van der Waals surface area contributed by atoms with Crippen molar-refractivity contribution in [2.24, 2.45) is 0 Å². The van der Waals surface area contributed by atoms with Crippen molar-refractivity contribution >= 4 is 34.8 Å². The standard InChI is InChI=1S/C17H18N2O5S/c1-24-17(23)11-4-6-12(7-5-11)19-16(22)15(21)18-9-8-13(20)14-3-2-10-25-14/h2-7,10,13,20H,8-9H2,1H3,(H,18,21)(H,19,22)/t13-/m0/s1. The number of hydrogen-bond acceptors (Lipinski definition) is 6. The molecule has 1 atom stereocenters. The van der Waals surface area contributed by atoms with Gasteiger partial charge in [0.15, 0.2) is 0 Å². The lowest BCUT2D eigenvalue weighted by atomic mass is 10.2. The summed E-state index contributed by atoms with van der Waals surface area (Å²) in [6, 6.07) is 9.60. The lowest BCUT2D eigenvalue weighted by Crippen LogP contribution is -2.36. The van der Waals surface area contributed by atoms with Crippen LogP contribution in [0.4, 0.5) is 5.69 Å². The average Bonchev–Trinajstić information content (AvgIpc) is 3.16. The Morgan fingerprint density at radius 2 is 1.88 bits per heavy atom. The van der Waals surface area contributed by atoms with Crippen molar-refractivity contribution in [3.05, 3.63) is 52.2 Å². The predicted octanol–water partition coefficient (Wildman–Crippen LogP) is 1.71. The van der Waals surface area contributed by atoms with Crippen LogP contribution in [0.1, 0.15) is 27.8 Å². The van der Waals surface area contributed by atoms with Gasteiger partial charge in [-0.15, -0.1) is 11.3 Å². The van der Waals surface area contributed by atoms with Gasteiger partial charge in [0.2, 0.25) is 0 Å². The molecule has 8 heteroatoms. The fraction of sp³-hybridized carbons (Fsp3) is 0.235. The first kappa shape index (κ1) is 18.6. The average molecular weight is 362 g/mol. The Labute approximate surface area is 148 Å². The van der Waals surface area contributed by atoms with Gasteiger partial charge >= 0.3 is 17.8 Å². The third-order valence-corrected chi connectivity index (χ3v) is 4.32. The van der Waals surface area contributed by atoms with Crippen molar-refractivity contribution < 1.29 is 24.2 Å². The van der Waals surface area contributed by atoms with Crippen molar-refractivity contribution in [2.75, 3.05) is 19.0 Å². The van der Waals surface area contributed by atoms with E-state index in [1.165, 1.54) is 42.7 Å². The van der Waals surface area contributed by atoms with Crippen LogP contribution in [-0.4, -0.2) is 36.5 Å². The van der Waals surface area contributed by atoms with Crippen LogP contribution in [0.25, 0.3) is 0 Å². The second-order valence-corrected chi connectivity index (χ2v) is 6.08. The van der Waals surface area contributed by atoms with Gasteiger partial charge in [-0.1, -0.05) is 6.07 Å². The van der Waals surface area contributed by atoms with Crippen molar-refractivity contribution in [3.63, 3.8) is 0 Å². The minimum atomic E-state index is -0.823. The zero-order chi connectivity index (χ0) is 18.2. The second-order valence-electron chi connectivity index (χ2n) is 5.10. The smallest absolute Gasteiger partial charge is 0.337 e. The molecule has 7 nitrogen and oxygen atoms in total. The molecule has 25 heavy (non-hydrogen) atoms. The summed E-state index contributed by atoms with van der Waals surface area (Å²) in [7, 11) is 1.28. The molecule has 0 fully saturated rings. The summed E-state index contributed by atoms with van der Waals surface area (Å²) in [6.07, 6.45) is -0.359. The van der Waals surface area contributed by atoms with Crippen LogP contribution < -0.4 is 10.6 Å². The van der Waals surface area contributed by atoms with E-state index in [4.69, 9.17) is 0 Å². The Kier molecular flexibility index (Phi) is 6.67. The molecule has 0 radical (unpaired) electrons. The fourth-order valence-corrected chi connectivity index (χ4v) is 2.77. The maximum Gasteiger partial charge on any atom is 0.337 e. The van der Waals surface area contributed by atoms with Gasteiger partial charge in [0, 0.05) is 17.1 Å². The summed E-state index contributed by atoms with van der Waals surface area (Å²) in [5, 5.41) is 16.6. The number of ether oxygens (including phenoxy) is 1. The first-order valence-electron chi connectivity index (χ1n) is 7.50. The summed E-state index contributed by atoms with van der Waals surface area (Å²) >= 11 is 1.43. The van der Waals surface area contributed by atoms with Crippen LogP contribution in [0.5, 0.6) is 0 Å². The number of nitrogens with one attached hydrogen (secondary N) is 2. The lowest BCUT2D eigenvalue weighted by Gasteiger charge is -2.10. The van der Waals surface area contributed by atoms with E-state index in [1.54, 1.807) is 0 Å². The molecule has 0 aliphatic heterocycles. The minimum Gasteiger partial charge on any atom is -0.465 e. The normalized spacial score (nSPS) is 11.4. The third kappa shape index (κ3) is 5.40. The number of amides is 2. The second kappa shape index (κ2) is 8.95. The van der Waals surface area contributed by atoms with Gasteiger partial charge in [-0.2, -0.15) is 0 Å². The van der Waals surface area contributed by atoms with Crippen LogP contribution in [0.15, 0.2) is 41.8 Å². The number of aliphatic hydroxyl groups is 1. The van der Waals surface area contributed by atoms with Gasteiger partial charge in [0.1, 0.15) is 0 Å². The number of rotatable bonds is 6. The maximum absolute atomic E-state index is 11.8. The molecule has 1 aromatic carbocycles. The highest BCUT2D eigenvalue weighted by Crippen LogP contribution is 2.20. The molecule has 3 N–H and O–H groups in total. The highest BCUT2D eigenvalue weighted by molar-refractivity contribution is 7.10. The molecule has 0 saturated carbocycles. The number of benzene rings is 1. The van der Waals surface area contributed by atoms with Crippen LogP contribution in [0.2, 0.25) is 0 Å². The molecule has 0 spiro atoms. The van der Waals surface area contributed by atoms with Crippen LogP contribution >= 0.6 is 11.3 Å². The van der Waals surface area contributed by atoms with E-state index in [0.717, 1.165) is 4.88 Å². The third-order valence-electron chi connectivity index (χ3n) is 3.35. The Morgan fingerprint density at radius 1 is 1.16 bits per heavy atom. The molecule has 0 aliphatic carbocycles. The molecule has 1 aromatic heterocycles. The summed E-state index contributed by atoms with van der Waals surface area (Å²) in [6.45, 7) is 0.173. The molecule has 2 rings (SSSR count). The zero-order valence-corrected chi connectivity index (χ0v) is 14.3. The molecule has 2 amide bonds. The molecular weight excluding hydrogens is 344 g/mol. The Balaban J connectivity index is 1.78.